The molecule has 0 bridgehead atoms. The molecule has 1 atom stereocenters. The second-order valence-corrected chi connectivity index (χ2v) is 19.6. The molecular formula is C61H110O6. The van der Waals surface area contributed by atoms with Gasteiger partial charge in [0.2, 0.25) is 0 Å². The third kappa shape index (κ3) is 54.2. The summed E-state index contributed by atoms with van der Waals surface area (Å²) in [6.07, 6.45) is 68.1. The normalized spacial score (nSPS) is 12.3. The minimum absolute atomic E-state index is 0.0789. The predicted octanol–water partition coefficient (Wildman–Crippen LogP) is 19.4. The highest BCUT2D eigenvalue weighted by Crippen LogP contribution is 2.16. The summed E-state index contributed by atoms with van der Waals surface area (Å²) in [5, 5.41) is 0. The number of esters is 3. The number of unbranched alkanes of at least 4 members (excludes halogenated alkanes) is 34. The molecule has 0 rings (SSSR count). The topological polar surface area (TPSA) is 78.9 Å². The standard InChI is InChI=1S/C61H110O6/c1-4-7-10-13-16-19-22-25-27-29-30-32-33-36-39-42-45-48-51-54-60(63)66-57-58(56-65-59(62)53-50-47-44-41-38-35-24-21-18-15-12-9-6-3)67-61(64)55-52-49-46-43-40-37-34-31-28-26-23-20-17-14-11-8-5-2/h16,19,21,24-25,27,30,32,58H,4-15,17-18,20,22-23,26,28-29,31,33-57H2,1-3H3/b19-16-,24-21-,27-25-,32-30-/t58-/m1/s1. The van der Waals surface area contributed by atoms with Gasteiger partial charge in [-0.3, -0.25) is 14.4 Å². The summed E-state index contributed by atoms with van der Waals surface area (Å²) in [4.78, 5) is 38.1. The Kier molecular flexibility index (Phi) is 53.8. The van der Waals surface area contributed by atoms with E-state index in [2.05, 4.69) is 69.4 Å². The van der Waals surface area contributed by atoms with Crippen LogP contribution in [0.5, 0.6) is 0 Å². The van der Waals surface area contributed by atoms with E-state index in [1.165, 1.54) is 180 Å². The van der Waals surface area contributed by atoms with Gasteiger partial charge in [-0.15, -0.1) is 0 Å². The van der Waals surface area contributed by atoms with Crippen molar-refractivity contribution >= 4 is 17.9 Å². The van der Waals surface area contributed by atoms with Crippen LogP contribution < -0.4 is 0 Å². The number of carbonyl (C=O) groups excluding carboxylic acids is 3. The number of carbonyl (C=O) groups is 3. The van der Waals surface area contributed by atoms with Gasteiger partial charge in [0.1, 0.15) is 13.2 Å². The Morgan fingerprint density at radius 2 is 0.537 bits per heavy atom. The number of hydrogen-bond acceptors (Lipinski definition) is 6. The first-order valence-electron chi connectivity index (χ1n) is 29.1. The summed E-state index contributed by atoms with van der Waals surface area (Å²) in [7, 11) is 0. The molecule has 0 saturated carbocycles. The largest absolute Gasteiger partial charge is 0.462 e. The van der Waals surface area contributed by atoms with E-state index in [9.17, 15) is 14.4 Å². The van der Waals surface area contributed by atoms with Crippen molar-refractivity contribution in [1.82, 2.24) is 0 Å². The highest BCUT2D eigenvalue weighted by Gasteiger charge is 2.19. The van der Waals surface area contributed by atoms with Crippen LogP contribution in [-0.2, 0) is 28.6 Å². The van der Waals surface area contributed by atoms with Crippen molar-refractivity contribution in [3.63, 3.8) is 0 Å². The smallest absolute Gasteiger partial charge is 0.306 e. The van der Waals surface area contributed by atoms with Crippen LogP contribution in [0.3, 0.4) is 0 Å². The Labute approximate surface area is 416 Å². The Morgan fingerprint density at radius 3 is 0.896 bits per heavy atom. The Morgan fingerprint density at radius 1 is 0.299 bits per heavy atom. The third-order valence-electron chi connectivity index (χ3n) is 12.8. The van der Waals surface area contributed by atoms with Gasteiger partial charge >= 0.3 is 17.9 Å². The summed E-state index contributed by atoms with van der Waals surface area (Å²) < 4.78 is 16.9. The molecule has 0 unspecified atom stereocenters. The van der Waals surface area contributed by atoms with Gasteiger partial charge in [0.15, 0.2) is 6.10 Å². The van der Waals surface area contributed by atoms with E-state index < -0.39 is 6.10 Å². The SMILES string of the molecule is CCCCC/C=C\C/C=C\C/C=C\CCCCCCCCC(=O)OC[C@@H](COC(=O)CCCCCCC/C=C\CCCCCC)OC(=O)CCCCCCCCCCCCCCCCCCC. The lowest BCUT2D eigenvalue weighted by atomic mass is 10.0. The molecule has 67 heavy (non-hydrogen) atoms. The van der Waals surface area contributed by atoms with Crippen molar-refractivity contribution in [1.29, 1.82) is 0 Å². The van der Waals surface area contributed by atoms with E-state index in [1.54, 1.807) is 0 Å². The molecule has 0 spiro atoms. The summed E-state index contributed by atoms with van der Waals surface area (Å²) in [6, 6.07) is 0. The lowest BCUT2D eigenvalue weighted by Crippen LogP contribution is -2.30. The highest BCUT2D eigenvalue weighted by molar-refractivity contribution is 5.71. The van der Waals surface area contributed by atoms with Crippen LogP contribution in [0.4, 0.5) is 0 Å². The molecule has 0 aromatic rings. The van der Waals surface area contributed by atoms with Crippen LogP contribution in [0.15, 0.2) is 48.6 Å². The quantitative estimate of drug-likeness (QED) is 0.0262. The molecule has 390 valence electrons. The number of ether oxygens (including phenoxy) is 3. The zero-order valence-electron chi connectivity index (χ0n) is 44.7. The van der Waals surface area contributed by atoms with Crippen molar-refractivity contribution in [3.8, 4) is 0 Å². The lowest BCUT2D eigenvalue weighted by Gasteiger charge is -2.18. The van der Waals surface area contributed by atoms with E-state index in [4.69, 9.17) is 14.2 Å². The van der Waals surface area contributed by atoms with Crippen molar-refractivity contribution in [3.05, 3.63) is 48.6 Å². The number of hydrogen-bond donors (Lipinski definition) is 0. The second-order valence-electron chi connectivity index (χ2n) is 19.6. The van der Waals surface area contributed by atoms with Crippen molar-refractivity contribution in [2.45, 2.75) is 309 Å². The molecule has 0 aliphatic carbocycles. The molecule has 0 fully saturated rings. The van der Waals surface area contributed by atoms with Crippen LogP contribution in [0.25, 0.3) is 0 Å². The minimum Gasteiger partial charge on any atom is -0.462 e. The van der Waals surface area contributed by atoms with E-state index >= 15 is 0 Å². The van der Waals surface area contributed by atoms with Crippen molar-refractivity contribution < 1.29 is 28.6 Å². The van der Waals surface area contributed by atoms with Gasteiger partial charge in [-0.05, 0) is 83.5 Å². The fraction of sp³-hybridized carbons (Fsp3) is 0.820. The fourth-order valence-corrected chi connectivity index (χ4v) is 8.39. The van der Waals surface area contributed by atoms with Crippen LogP contribution in [0, 0.1) is 0 Å². The van der Waals surface area contributed by atoms with E-state index in [0.29, 0.717) is 19.3 Å². The minimum atomic E-state index is -0.779. The van der Waals surface area contributed by atoms with E-state index in [-0.39, 0.29) is 31.1 Å². The summed E-state index contributed by atoms with van der Waals surface area (Å²) in [6.45, 7) is 6.61. The van der Waals surface area contributed by atoms with Gasteiger partial charge in [0.25, 0.3) is 0 Å². The molecule has 0 N–H and O–H groups in total. The van der Waals surface area contributed by atoms with Crippen LogP contribution in [0.2, 0.25) is 0 Å². The van der Waals surface area contributed by atoms with Crippen LogP contribution >= 0.6 is 0 Å². The molecule has 0 aromatic carbocycles. The van der Waals surface area contributed by atoms with Crippen LogP contribution in [-0.4, -0.2) is 37.2 Å². The summed E-state index contributed by atoms with van der Waals surface area (Å²) in [5.74, 6) is -0.884. The Hall–Kier alpha value is -2.63. The first-order chi connectivity index (χ1) is 33.0. The molecule has 0 heterocycles. The molecule has 0 saturated heterocycles. The number of allylic oxidation sites excluding steroid dienone is 8. The molecule has 0 radical (unpaired) electrons. The lowest BCUT2D eigenvalue weighted by molar-refractivity contribution is -0.167. The second kappa shape index (κ2) is 56.0. The first kappa shape index (κ1) is 64.4. The van der Waals surface area contributed by atoms with E-state index in [1.807, 2.05) is 0 Å². The van der Waals surface area contributed by atoms with Gasteiger partial charge in [0.05, 0.1) is 0 Å². The Bertz CT molecular complexity index is 1170. The third-order valence-corrected chi connectivity index (χ3v) is 12.8. The molecule has 6 heteroatoms. The van der Waals surface area contributed by atoms with Gasteiger partial charge in [0, 0.05) is 19.3 Å². The van der Waals surface area contributed by atoms with Crippen molar-refractivity contribution in [2.24, 2.45) is 0 Å². The maximum atomic E-state index is 12.9. The maximum Gasteiger partial charge on any atom is 0.306 e. The molecule has 0 aliphatic rings. The molecule has 0 aromatic heterocycles. The first-order valence-corrected chi connectivity index (χ1v) is 29.1. The predicted molar refractivity (Wildman–Crippen MR) is 289 cm³/mol. The summed E-state index contributed by atoms with van der Waals surface area (Å²) >= 11 is 0. The van der Waals surface area contributed by atoms with Gasteiger partial charge in [-0.2, -0.15) is 0 Å². The van der Waals surface area contributed by atoms with Crippen LogP contribution in [0.1, 0.15) is 303 Å². The van der Waals surface area contributed by atoms with E-state index in [0.717, 1.165) is 83.5 Å². The monoisotopic (exact) mass is 939 g/mol. The Balaban J connectivity index is 4.36. The summed E-state index contributed by atoms with van der Waals surface area (Å²) in [5.41, 5.74) is 0. The average molecular weight is 940 g/mol. The van der Waals surface area contributed by atoms with Gasteiger partial charge in [-0.25, -0.2) is 0 Å². The van der Waals surface area contributed by atoms with Gasteiger partial charge in [-0.1, -0.05) is 249 Å². The molecular weight excluding hydrogens is 829 g/mol. The zero-order valence-corrected chi connectivity index (χ0v) is 44.7. The average Bonchev–Trinajstić information content (AvgIpc) is 3.33. The molecule has 0 aliphatic heterocycles. The maximum absolute atomic E-state index is 12.9. The zero-order chi connectivity index (χ0) is 48.6. The highest BCUT2D eigenvalue weighted by atomic mass is 16.6. The number of rotatable bonds is 53. The molecule has 6 nitrogen and oxygen atoms in total. The molecule has 0 amide bonds. The van der Waals surface area contributed by atoms with Crippen molar-refractivity contribution in [2.75, 3.05) is 13.2 Å². The fourth-order valence-electron chi connectivity index (χ4n) is 8.39. The van der Waals surface area contributed by atoms with Gasteiger partial charge < -0.3 is 14.2 Å².